The molecule has 0 aliphatic carbocycles. The van der Waals surface area contributed by atoms with E-state index in [9.17, 15) is 4.79 Å². The zero-order valence-electron chi connectivity index (χ0n) is 17.1. The number of fused-ring (bicyclic) bond motifs is 1. The number of hydrogen-bond donors (Lipinski definition) is 1. The molecule has 9 heteroatoms. The lowest BCUT2D eigenvalue weighted by molar-refractivity contribution is 0.0205. The maximum absolute atomic E-state index is 13.1. The summed E-state index contributed by atoms with van der Waals surface area (Å²) < 4.78 is 13.1. The first-order valence-electron chi connectivity index (χ1n) is 10.5. The minimum absolute atomic E-state index is 0.107. The number of aromatic amines is 1. The summed E-state index contributed by atoms with van der Waals surface area (Å²) in [6.45, 7) is 6.08. The molecule has 158 valence electrons. The van der Waals surface area contributed by atoms with Gasteiger partial charge in [-0.15, -0.1) is 5.10 Å². The summed E-state index contributed by atoms with van der Waals surface area (Å²) in [5.74, 6) is 0.671. The molecule has 3 aromatic rings. The van der Waals surface area contributed by atoms with E-state index in [1.165, 1.54) is 0 Å². The Labute approximate surface area is 174 Å². The van der Waals surface area contributed by atoms with Crippen molar-refractivity contribution in [2.75, 3.05) is 32.9 Å². The number of rotatable bonds is 5. The average molecular weight is 410 g/mol. The van der Waals surface area contributed by atoms with Crippen LogP contribution in [0.4, 0.5) is 0 Å². The van der Waals surface area contributed by atoms with Crippen molar-refractivity contribution in [1.29, 1.82) is 0 Å². The standard InChI is InChI=1S/C21H26N6O3/c1-14-4-5-18-15(11-14)12-17(21(28)22-18)19(26-6-9-29-10-7-26)20-23-24-25-27(20)13-16-3-2-8-30-16/h4-5,11-12,16,19H,2-3,6-10,13H2,1H3,(H,22,28)/t16-,19-/m1/s1. The highest BCUT2D eigenvalue weighted by molar-refractivity contribution is 5.79. The van der Waals surface area contributed by atoms with Crippen molar-refractivity contribution in [3.05, 3.63) is 51.6 Å². The van der Waals surface area contributed by atoms with Crippen LogP contribution in [0.5, 0.6) is 0 Å². The molecular weight excluding hydrogens is 384 g/mol. The Morgan fingerprint density at radius 3 is 2.90 bits per heavy atom. The van der Waals surface area contributed by atoms with Crippen molar-refractivity contribution in [1.82, 2.24) is 30.1 Å². The molecule has 2 fully saturated rings. The third kappa shape index (κ3) is 3.76. The Balaban J connectivity index is 1.60. The number of nitrogens with zero attached hydrogens (tertiary/aromatic N) is 5. The normalized spacial score (nSPS) is 21.3. The molecular formula is C21H26N6O3. The molecule has 2 atom stereocenters. The van der Waals surface area contributed by atoms with Crippen LogP contribution < -0.4 is 5.56 Å². The number of pyridine rings is 1. The second-order valence-electron chi connectivity index (χ2n) is 8.05. The SMILES string of the molecule is Cc1ccc2[nH]c(=O)c([C@H](c3nnnn3C[C@H]3CCCO3)N3CCOCC3)cc2c1. The molecule has 2 aliphatic heterocycles. The third-order valence-electron chi connectivity index (χ3n) is 5.94. The van der Waals surface area contributed by atoms with Gasteiger partial charge in [-0.25, -0.2) is 4.68 Å². The summed E-state index contributed by atoms with van der Waals surface area (Å²) >= 11 is 0. The molecule has 9 nitrogen and oxygen atoms in total. The highest BCUT2D eigenvalue weighted by atomic mass is 16.5. The first-order valence-corrected chi connectivity index (χ1v) is 10.5. The summed E-state index contributed by atoms with van der Waals surface area (Å²) in [7, 11) is 0. The Morgan fingerprint density at radius 1 is 1.23 bits per heavy atom. The lowest BCUT2D eigenvalue weighted by atomic mass is 10.0. The fourth-order valence-electron chi connectivity index (χ4n) is 4.40. The van der Waals surface area contributed by atoms with Gasteiger partial charge in [0.2, 0.25) is 0 Å². The predicted molar refractivity (Wildman–Crippen MR) is 110 cm³/mol. The lowest BCUT2D eigenvalue weighted by Gasteiger charge is -2.33. The molecule has 2 aromatic heterocycles. The van der Waals surface area contributed by atoms with Crippen molar-refractivity contribution in [3.8, 4) is 0 Å². The fourth-order valence-corrected chi connectivity index (χ4v) is 4.40. The molecule has 0 saturated carbocycles. The molecule has 2 saturated heterocycles. The lowest BCUT2D eigenvalue weighted by Crippen LogP contribution is -2.42. The van der Waals surface area contributed by atoms with E-state index in [0.717, 1.165) is 35.9 Å². The molecule has 4 heterocycles. The second kappa shape index (κ2) is 8.25. The second-order valence-corrected chi connectivity index (χ2v) is 8.05. The first kappa shape index (κ1) is 19.3. The minimum atomic E-state index is -0.348. The maximum atomic E-state index is 13.1. The summed E-state index contributed by atoms with van der Waals surface area (Å²) in [6.07, 6.45) is 2.16. The monoisotopic (exact) mass is 410 g/mol. The quantitative estimate of drug-likeness (QED) is 0.679. The van der Waals surface area contributed by atoms with Crippen molar-refractivity contribution in [3.63, 3.8) is 0 Å². The molecule has 0 spiro atoms. The van der Waals surface area contributed by atoms with E-state index in [-0.39, 0.29) is 17.7 Å². The van der Waals surface area contributed by atoms with Crippen LogP contribution in [0, 0.1) is 6.92 Å². The molecule has 0 bridgehead atoms. The van der Waals surface area contributed by atoms with Gasteiger partial charge < -0.3 is 14.5 Å². The highest BCUT2D eigenvalue weighted by Crippen LogP contribution is 2.28. The summed E-state index contributed by atoms with van der Waals surface area (Å²) in [6, 6.07) is 7.66. The zero-order chi connectivity index (χ0) is 20.5. The van der Waals surface area contributed by atoms with E-state index in [1.54, 1.807) is 4.68 Å². The van der Waals surface area contributed by atoms with E-state index >= 15 is 0 Å². The predicted octanol–water partition coefficient (Wildman–Crippen LogP) is 1.42. The van der Waals surface area contributed by atoms with Crippen LogP contribution in [-0.4, -0.2) is 69.1 Å². The van der Waals surface area contributed by atoms with Crippen LogP contribution in [0.25, 0.3) is 10.9 Å². The number of hydrogen-bond acceptors (Lipinski definition) is 7. The number of morpholine rings is 1. The average Bonchev–Trinajstić information content (AvgIpc) is 3.43. The van der Waals surface area contributed by atoms with E-state index < -0.39 is 0 Å². The van der Waals surface area contributed by atoms with Crippen LogP contribution in [0.15, 0.2) is 29.1 Å². The summed E-state index contributed by atoms with van der Waals surface area (Å²) in [5.41, 5.74) is 2.51. The smallest absolute Gasteiger partial charge is 0.253 e. The van der Waals surface area contributed by atoms with Gasteiger partial charge in [-0.1, -0.05) is 11.6 Å². The minimum Gasteiger partial charge on any atom is -0.379 e. The number of H-pyrrole nitrogens is 1. The molecule has 1 aromatic carbocycles. The Morgan fingerprint density at radius 2 is 2.10 bits per heavy atom. The topological polar surface area (TPSA) is 98.2 Å². The first-order chi connectivity index (χ1) is 14.7. The third-order valence-corrected chi connectivity index (χ3v) is 5.94. The van der Waals surface area contributed by atoms with Gasteiger partial charge in [0.25, 0.3) is 5.56 Å². The van der Waals surface area contributed by atoms with Gasteiger partial charge >= 0.3 is 0 Å². The maximum Gasteiger partial charge on any atom is 0.253 e. The van der Waals surface area contributed by atoms with E-state index in [4.69, 9.17) is 9.47 Å². The van der Waals surface area contributed by atoms with Crippen molar-refractivity contribution in [2.45, 2.75) is 38.5 Å². The number of nitrogens with one attached hydrogen (secondary N) is 1. The summed E-state index contributed by atoms with van der Waals surface area (Å²) in [4.78, 5) is 18.4. The molecule has 30 heavy (non-hydrogen) atoms. The number of ether oxygens (including phenoxy) is 2. The van der Waals surface area contributed by atoms with Crippen LogP contribution in [0.2, 0.25) is 0 Å². The van der Waals surface area contributed by atoms with Gasteiger partial charge in [-0.2, -0.15) is 0 Å². The van der Waals surface area contributed by atoms with Gasteiger partial charge in [0.15, 0.2) is 5.82 Å². The summed E-state index contributed by atoms with van der Waals surface area (Å²) in [5, 5.41) is 13.5. The number of aromatic nitrogens is 5. The Hall–Kier alpha value is -2.62. The van der Waals surface area contributed by atoms with Gasteiger partial charge in [0.1, 0.15) is 6.04 Å². The van der Waals surface area contributed by atoms with Crippen molar-refractivity contribution in [2.24, 2.45) is 0 Å². The van der Waals surface area contributed by atoms with Gasteiger partial charge in [0.05, 0.1) is 25.9 Å². The number of benzene rings is 1. The van der Waals surface area contributed by atoms with E-state index in [1.807, 2.05) is 25.1 Å². The molecule has 0 amide bonds. The zero-order valence-corrected chi connectivity index (χ0v) is 17.1. The fraction of sp³-hybridized carbons (Fsp3) is 0.524. The Kier molecular flexibility index (Phi) is 5.32. The number of tetrazole rings is 1. The van der Waals surface area contributed by atoms with Crippen LogP contribution in [-0.2, 0) is 16.0 Å². The highest BCUT2D eigenvalue weighted by Gasteiger charge is 2.32. The van der Waals surface area contributed by atoms with Gasteiger partial charge in [-0.3, -0.25) is 9.69 Å². The van der Waals surface area contributed by atoms with E-state index in [0.29, 0.717) is 44.2 Å². The van der Waals surface area contributed by atoms with E-state index in [2.05, 4.69) is 31.5 Å². The van der Waals surface area contributed by atoms with Gasteiger partial charge in [0, 0.05) is 30.8 Å². The van der Waals surface area contributed by atoms with Gasteiger partial charge in [-0.05, 0) is 53.8 Å². The molecule has 0 unspecified atom stereocenters. The molecule has 0 radical (unpaired) electrons. The molecule has 1 N–H and O–H groups in total. The van der Waals surface area contributed by atoms with Crippen LogP contribution in [0.1, 0.15) is 35.8 Å². The number of aryl methyl sites for hydroxylation is 1. The van der Waals surface area contributed by atoms with Crippen LogP contribution >= 0.6 is 0 Å². The van der Waals surface area contributed by atoms with Crippen molar-refractivity contribution < 1.29 is 9.47 Å². The molecule has 5 rings (SSSR count). The van der Waals surface area contributed by atoms with Crippen LogP contribution in [0.3, 0.4) is 0 Å². The van der Waals surface area contributed by atoms with Crippen molar-refractivity contribution >= 4 is 10.9 Å². The largest absolute Gasteiger partial charge is 0.379 e. The Bertz CT molecular complexity index is 1080. The molecule has 2 aliphatic rings.